The van der Waals surface area contributed by atoms with Crippen molar-refractivity contribution in [1.82, 2.24) is 0 Å². The fourth-order valence-electron chi connectivity index (χ4n) is 3.56. The van der Waals surface area contributed by atoms with Gasteiger partial charge in [0.15, 0.2) is 0 Å². The van der Waals surface area contributed by atoms with E-state index in [9.17, 15) is 0 Å². The van der Waals surface area contributed by atoms with Gasteiger partial charge in [-0.15, -0.1) is 0 Å². The summed E-state index contributed by atoms with van der Waals surface area (Å²) in [6.07, 6.45) is 0.890. The van der Waals surface area contributed by atoms with Crippen LogP contribution in [-0.4, -0.2) is 13.2 Å². The van der Waals surface area contributed by atoms with Crippen molar-refractivity contribution in [3.05, 3.63) is 29.8 Å². The van der Waals surface area contributed by atoms with Crippen LogP contribution in [0.4, 0.5) is 0 Å². The smallest absolute Gasteiger partial charge is 0.122 e. The lowest BCUT2D eigenvalue weighted by molar-refractivity contribution is 0.403. The molecule has 1 aliphatic rings. The Labute approximate surface area is 111 Å². The Kier molecular flexibility index (Phi) is 3.18. The lowest BCUT2D eigenvalue weighted by Gasteiger charge is -2.16. The summed E-state index contributed by atoms with van der Waals surface area (Å²) in [4.78, 5) is 0. The van der Waals surface area contributed by atoms with E-state index in [0.29, 0.717) is 16.7 Å². The van der Waals surface area contributed by atoms with Crippen molar-refractivity contribution in [3.63, 3.8) is 0 Å². The van der Waals surface area contributed by atoms with Gasteiger partial charge in [0.05, 0.1) is 7.11 Å². The average molecular weight is 247 g/mol. The van der Waals surface area contributed by atoms with Crippen LogP contribution in [0.2, 0.25) is 0 Å². The van der Waals surface area contributed by atoms with Gasteiger partial charge in [-0.25, -0.2) is 0 Å². The van der Waals surface area contributed by atoms with Gasteiger partial charge in [0, 0.05) is 6.04 Å². The van der Waals surface area contributed by atoms with E-state index in [0.717, 1.165) is 12.2 Å². The highest BCUT2D eigenvalue weighted by Crippen LogP contribution is 2.69. The molecule has 1 unspecified atom stereocenters. The molecule has 18 heavy (non-hydrogen) atoms. The topological polar surface area (TPSA) is 35.2 Å². The first kappa shape index (κ1) is 13.4. The van der Waals surface area contributed by atoms with Crippen LogP contribution >= 0.6 is 0 Å². The Hall–Kier alpha value is -1.02. The quantitative estimate of drug-likeness (QED) is 0.886. The zero-order valence-electron chi connectivity index (χ0n) is 12.2. The third-order valence-corrected chi connectivity index (χ3v) is 5.21. The minimum Gasteiger partial charge on any atom is -0.496 e. The van der Waals surface area contributed by atoms with Gasteiger partial charge in [0.2, 0.25) is 0 Å². The van der Waals surface area contributed by atoms with Gasteiger partial charge >= 0.3 is 0 Å². The van der Waals surface area contributed by atoms with E-state index in [1.165, 1.54) is 5.56 Å². The summed E-state index contributed by atoms with van der Waals surface area (Å²) < 4.78 is 5.39. The molecule has 1 aromatic carbocycles. The molecule has 1 atom stereocenters. The van der Waals surface area contributed by atoms with E-state index in [1.54, 1.807) is 7.11 Å². The normalized spacial score (nSPS) is 22.6. The van der Waals surface area contributed by atoms with E-state index in [2.05, 4.69) is 33.8 Å². The number of nitrogens with two attached hydrogens (primary N) is 1. The van der Waals surface area contributed by atoms with Gasteiger partial charge in [-0.3, -0.25) is 0 Å². The zero-order chi connectivity index (χ0) is 13.6. The summed E-state index contributed by atoms with van der Waals surface area (Å²) >= 11 is 0. The van der Waals surface area contributed by atoms with E-state index < -0.39 is 0 Å². The molecule has 2 N–H and O–H groups in total. The predicted molar refractivity (Wildman–Crippen MR) is 75.7 cm³/mol. The molecule has 1 fully saturated rings. The Morgan fingerprint density at radius 3 is 2.22 bits per heavy atom. The molecule has 0 aromatic heterocycles. The van der Waals surface area contributed by atoms with E-state index in [-0.39, 0.29) is 6.04 Å². The second-order valence-electron chi connectivity index (χ2n) is 6.60. The highest BCUT2D eigenvalue weighted by atomic mass is 16.5. The van der Waals surface area contributed by atoms with Crippen molar-refractivity contribution in [2.75, 3.05) is 7.11 Å². The Bertz CT molecular complexity index is 422. The van der Waals surface area contributed by atoms with Crippen LogP contribution in [0, 0.1) is 16.7 Å². The van der Waals surface area contributed by atoms with Crippen molar-refractivity contribution in [2.24, 2.45) is 22.5 Å². The molecule has 1 aromatic rings. The van der Waals surface area contributed by atoms with Crippen LogP contribution in [0.15, 0.2) is 24.3 Å². The number of ether oxygens (including phenoxy) is 1. The standard InChI is InChI=1S/C16H25NO/c1-15(2)14(16(15,3)4)12(17)10-11-8-6-7-9-13(11)18-5/h6-9,12,14H,10,17H2,1-5H3. The summed E-state index contributed by atoms with van der Waals surface area (Å²) in [5.41, 5.74) is 8.33. The highest BCUT2D eigenvalue weighted by Gasteiger charge is 2.66. The first-order chi connectivity index (χ1) is 8.32. The molecular weight excluding hydrogens is 222 g/mol. The molecule has 0 spiro atoms. The number of hydrogen-bond donors (Lipinski definition) is 1. The second kappa shape index (κ2) is 4.27. The van der Waals surface area contributed by atoms with Crippen LogP contribution in [-0.2, 0) is 6.42 Å². The Balaban J connectivity index is 2.12. The van der Waals surface area contributed by atoms with E-state index in [1.807, 2.05) is 18.2 Å². The molecule has 0 bridgehead atoms. The predicted octanol–water partition coefficient (Wildman–Crippen LogP) is 3.25. The van der Waals surface area contributed by atoms with E-state index in [4.69, 9.17) is 10.5 Å². The molecule has 0 amide bonds. The first-order valence-corrected chi connectivity index (χ1v) is 6.70. The average Bonchev–Trinajstić information content (AvgIpc) is 2.70. The lowest BCUT2D eigenvalue weighted by Crippen LogP contribution is -2.28. The van der Waals surface area contributed by atoms with Crippen molar-refractivity contribution in [3.8, 4) is 5.75 Å². The second-order valence-corrected chi connectivity index (χ2v) is 6.60. The van der Waals surface area contributed by atoms with Crippen LogP contribution in [0.3, 0.4) is 0 Å². The first-order valence-electron chi connectivity index (χ1n) is 6.70. The van der Waals surface area contributed by atoms with Crippen molar-refractivity contribution in [2.45, 2.75) is 40.2 Å². The van der Waals surface area contributed by atoms with Gasteiger partial charge in [-0.05, 0) is 34.8 Å². The summed E-state index contributed by atoms with van der Waals surface area (Å²) in [5, 5.41) is 0. The Morgan fingerprint density at radius 2 is 1.72 bits per heavy atom. The van der Waals surface area contributed by atoms with Gasteiger partial charge < -0.3 is 10.5 Å². The lowest BCUT2D eigenvalue weighted by atomic mass is 9.97. The molecule has 0 saturated heterocycles. The molecule has 100 valence electrons. The molecule has 0 radical (unpaired) electrons. The van der Waals surface area contributed by atoms with Gasteiger partial charge in [-0.2, -0.15) is 0 Å². The van der Waals surface area contributed by atoms with E-state index >= 15 is 0 Å². The summed E-state index contributed by atoms with van der Waals surface area (Å²) in [7, 11) is 1.72. The number of hydrogen-bond acceptors (Lipinski definition) is 2. The van der Waals surface area contributed by atoms with Crippen LogP contribution < -0.4 is 10.5 Å². The summed E-state index contributed by atoms with van der Waals surface area (Å²) in [6, 6.07) is 8.37. The number of para-hydroxylation sites is 1. The minimum absolute atomic E-state index is 0.200. The van der Waals surface area contributed by atoms with Crippen molar-refractivity contribution < 1.29 is 4.74 Å². The monoisotopic (exact) mass is 247 g/mol. The van der Waals surface area contributed by atoms with Gasteiger partial charge in [-0.1, -0.05) is 45.9 Å². The maximum Gasteiger partial charge on any atom is 0.122 e. The maximum absolute atomic E-state index is 6.43. The minimum atomic E-state index is 0.200. The molecule has 0 aliphatic heterocycles. The third kappa shape index (κ3) is 1.93. The van der Waals surface area contributed by atoms with Crippen molar-refractivity contribution in [1.29, 1.82) is 0 Å². The molecule has 1 aliphatic carbocycles. The number of rotatable bonds is 4. The van der Waals surface area contributed by atoms with Crippen LogP contribution in [0.25, 0.3) is 0 Å². The van der Waals surface area contributed by atoms with Crippen LogP contribution in [0.1, 0.15) is 33.3 Å². The molecule has 1 saturated carbocycles. The number of benzene rings is 1. The molecule has 2 rings (SSSR count). The highest BCUT2D eigenvalue weighted by molar-refractivity contribution is 5.34. The van der Waals surface area contributed by atoms with Crippen LogP contribution in [0.5, 0.6) is 5.75 Å². The van der Waals surface area contributed by atoms with Gasteiger partial charge in [0.25, 0.3) is 0 Å². The fraction of sp³-hybridized carbons (Fsp3) is 0.625. The summed E-state index contributed by atoms with van der Waals surface area (Å²) in [6.45, 7) is 9.28. The Morgan fingerprint density at radius 1 is 1.17 bits per heavy atom. The fourth-order valence-corrected chi connectivity index (χ4v) is 3.56. The van der Waals surface area contributed by atoms with Crippen molar-refractivity contribution >= 4 is 0 Å². The number of methoxy groups -OCH3 is 1. The third-order valence-electron chi connectivity index (χ3n) is 5.21. The maximum atomic E-state index is 6.43. The molecule has 2 nitrogen and oxygen atoms in total. The molecular formula is C16H25NO. The summed E-state index contributed by atoms with van der Waals surface area (Å²) in [5.74, 6) is 1.53. The largest absolute Gasteiger partial charge is 0.496 e. The molecule has 2 heteroatoms. The van der Waals surface area contributed by atoms with Gasteiger partial charge in [0.1, 0.15) is 5.75 Å². The molecule has 0 heterocycles. The SMILES string of the molecule is COc1ccccc1CC(N)C1C(C)(C)C1(C)C. The zero-order valence-corrected chi connectivity index (χ0v) is 12.2.